The number of halogens is 1. The van der Waals surface area contributed by atoms with Crippen LogP contribution in [0.4, 0.5) is 0 Å². The van der Waals surface area contributed by atoms with Crippen molar-refractivity contribution in [3.8, 4) is 0 Å². The third kappa shape index (κ3) is 5.74. The summed E-state index contributed by atoms with van der Waals surface area (Å²) in [7, 11) is 0. The van der Waals surface area contributed by atoms with E-state index in [-0.39, 0.29) is 18.4 Å². The summed E-state index contributed by atoms with van der Waals surface area (Å²) in [5.41, 5.74) is 0.534. The lowest BCUT2D eigenvalue weighted by Gasteiger charge is -2.13. The highest BCUT2D eigenvalue weighted by Crippen LogP contribution is 2.11. The van der Waals surface area contributed by atoms with Crippen LogP contribution in [0.1, 0.15) is 37.0 Å². The number of hydrogen-bond acceptors (Lipinski definition) is 2. The summed E-state index contributed by atoms with van der Waals surface area (Å²) in [5.74, 6) is 0.101. The molecule has 20 heavy (non-hydrogen) atoms. The third-order valence-electron chi connectivity index (χ3n) is 3.24. The highest BCUT2D eigenvalue weighted by Gasteiger charge is 2.09. The zero-order valence-corrected chi connectivity index (χ0v) is 13.5. The average molecular weight is 341 g/mol. The van der Waals surface area contributed by atoms with Crippen molar-refractivity contribution in [3.05, 3.63) is 34.3 Å². The van der Waals surface area contributed by atoms with Crippen LogP contribution in [-0.4, -0.2) is 24.9 Å². The van der Waals surface area contributed by atoms with E-state index in [9.17, 15) is 9.59 Å². The van der Waals surface area contributed by atoms with E-state index in [1.54, 1.807) is 18.2 Å². The summed E-state index contributed by atoms with van der Waals surface area (Å²) >= 11 is 3.31. The molecule has 0 spiro atoms. The molecule has 0 aliphatic carbocycles. The van der Waals surface area contributed by atoms with E-state index in [1.165, 1.54) is 0 Å². The number of amides is 2. The number of benzene rings is 1. The molecule has 110 valence electrons. The molecule has 1 rings (SSSR count). The monoisotopic (exact) mass is 340 g/mol. The largest absolute Gasteiger partial charge is 0.354 e. The maximum atomic E-state index is 11.8. The van der Waals surface area contributed by atoms with Crippen LogP contribution in [0.15, 0.2) is 28.7 Å². The van der Waals surface area contributed by atoms with Gasteiger partial charge in [-0.05, 0) is 24.1 Å². The number of rotatable bonds is 7. The Labute approximate surface area is 128 Å². The summed E-state index contributed by atoms with van der Waals surface area (Å²) < 4.78 is 0.836. The first-order valence-electron chi connectivity index (χ1n) is 6.87. The van der Waals surface area contributed by atoms with Crippen molar-refractivity contribution in [2.75, 3.05) is 13.1 Å². The lowest BCUT2D eigenvalue weighted by molar-refractivity contribution is -0.120. The second kappa shape index (κ2) is 8.74. The lowest BCUT2D eigenvalue weighted by Crippen LogP contribution is -2.38. The van der Waals surface area contributed by atoms with Gasteiger partial charge >= 0.3 is 0 Å². The zero-order valence-electron chi connectivity index (χ0n) is 11.9. The molecular formula is C15H21BrN2O2. The molecule has 0 aromatic heterocycles. The van der Waals surface area contributed by atoms with Crippen LogP contribution in [0.25, 0.3) is 0 Å². The Morgan fingerprint density at radius 2 is 1.90 bits per heavy atom. The number of carbonyl (C=O) groups excluding carboxylic acids is 2. The van der Waals surface area contributed by atoms with Gasteiger partial charge in [-0.2, -0.15) is 0 Å². The average Bonchev–Trinajstić information content (AvgIpc) is 2.45. The van der Waals surface area contributed by atoms with E-state index < -0.39 is 0 Å². The van der Waals surface area contributed by atoms with E-state index in [4.69, 9.17) is 0 Å². The van der Waals surface area contributed by atoms with E-state index >= 15 is 0 Å². The van der Waals surface area contributed by atoms with Crippen LogP contribution < -0.4 is 10.6 Å². The SMILES string of the molecule is CCC(CC)CNC(=O)CNC(=O)c1cccc(Br)c1. The molecule has 5 heteroatoms. The molecule has 0 saturated heterocycles. The van der Waals surface area contributed by atoms with E-state index in [2.05, 4.69) is 40.4 Å². The molecule has 0 radical (unpaired) electrons. The van der Waals surface area contributed by atoms with Crippen molar-refractivity contribution in [2.24, 2.45) is 5.92 Å². The van der Waals surface area contributed by atoms with E-state index in [0.717, 1.165) is 17.3 Å². The highest BCUT2D eigenvalue weighted by molar-refractivity contribution is 9.10. The standard InChI is InChI=1S/C15H21BrN2O2/c1-3-11(4-2)9-17-14(19)10-18-15(20)12-6-5-7-13(16)8-12/h5-8,11H,3-4,9-10H2,1-2H3,(H,17,19)(H,18,20). The van der Waals surface area contributed by atoms with Gasteiger partial charge in [0.2, 0.25) is 5.91 Å². The first-order chi connectivity index (χ1) is 9.56. The predicted molar refractivity (Wildman–Crippen MR) is 83.6 cm³/mol. The molecule has 0 aliphatic rings. The molecule has 2 amide bonds. The van der Waals surface area contributed by atoms with Crippen LogP contribution in [0, 0.1) is 5.92 Å². The molecule has 0 aliphatic heterocycles. The van der Waals surface area contributed by atoms with Crippen LogP contribution in [-0.2, 0) is 4.79 Å². The molecule has 4 nitrogen and oxygen atoms in total. The Morgan fingerprint density at radius 3 is 2.50 bits per heavy atom. The molecule has 0 atom stereocenters. The third-order valence-corrected chi connectivity index (χ3v) is 3.73. The van der Waals surface area contributed by atoms with Crippen molar-refractivity contribution in [3.63, 3.8) is 0 Å². The van der Waals surface area contributed by atoms with Crippen LogP contribution in [0.3, 0.4) is 0 Å². The summed E-state index contributed by atoms with van der Waals surface area (Å²) in [6.45, 7) is 4.88. The second-order valence-electron chi connectivity index (χ2n) is 4.68. The Bertz CT molecular complexity index is 459. The summed E-state index contributed by atoms with van der Waals surface area (Å²) in [5, 5.41) is 5.45. The van der Waals surface area contributed by atoms with Crippen molar-refractivity contribution < 1.29 is 9.59 Å². The Kier molecular flexibility index (Phi) is 7.30. The molecule has 0 heterocycles. The summed E-state index contributed by atoms with van der Waals surface area (Å²) in [4.78, 5) is 23.5. The van der Waals surface area contributed by atoms with Gasteiger partial charge in [-0.25, -0.2) is 0 Å². The first-order valence-corrected chi connectivity index (χ1v) is 7.66. The fourth-order valence-electron chi connectivity index (χ4n) is 1.79. The van der Waals surface area contributed by atoms with Crippen LogP contribution >= 0.6 is 15.9 Å². The Hall–Kier alpha value is -1.36. The quantitative estimate of drug-likeness (QED) is 0.801. The van der Waals surface area contributed by atoms with Gasteiger partial charge in [-0.1, -0.05) is 48.7 Å². The van der Waals surface area contributed by atoms with Crippen molar-refractivity contribution >= 4 is 27.7 Å². The smallest absolute Gasteiger partial charge is 0.251 e. The van der Waals surface area contributed by atoms with Gasteiger partial charge in [0.1, 0.15) is 0 Å². The molecule has 0 unspecified atom stereocenters. The zero-order chi connectivity index (χ0) is 15.0. The minimum absolute atomic E-state index is 0.00545. The Morgan fingerprint density at radius 1 is 1.20 bits per heavy atom. The molecule has 0 fully saturated rings. The van der Waals surface area contributed by atoms with Crippen LogP contribution in [0.5, 0.6) is 0 Å². The topological polar surface area (TPSA) is 58.2 Å². The number of nitrogens with one attached hydrogen (secondary N) is 2. The van der Waals surface area contributed by atoms with Gasteiger partial charge in [-0.3, -0.25) is 9.59 Å². The van der Waals surface area contributed by atoms with Gasteiger partial charge in [0.05, 0.1) is 6.54 Å². The van der Waals surface area contributed by atoms with Gasteiger partial charge in [0.25, 0.3) is 5.91 Å². The molecule has 1 aromatic rings. The van der Waals surface area contributed by atoms with Crippen molar-refractivity contribution in [2.45, 2.75) is 26.7 Å². The molecule has 0 saturated carbocycles. The second-order valence-corrected chi connectivity index (χ2v) is 5.60. The molecule has 1 aromatic carbocycles. The van der Waals surface area contributed by atoms with Gasteiger partial charge < -0.3 is 10.6 Å². The molecular weight excluding hydrogens is 320 g/mol. The maximum absolute atomic E-state index is 11.8. The fraction of sp³-hybridized carbons (Fsp3) is 0.467. The highest BCUT2D eigenvalue weighted by atomic mass is 79.9. The summed E-state index contributed by atoms with van der Waals surface area (Å²) in [6, 6.07) is 7.06. The van der Waals surface area contributed by atoms with Gasteiger partial charge in [-0.15, -0.1) is 0 Å². The normalized spacial score (nSPS) is 10.4. The Balaban J connectivity index is 2.35. The number of hydrogen-bond donors (Lipinski definition) is 2. The minimum Gasteiger partial charge on any atom is -0.354 e. The van der Waals surface area contributed by atoms with E-state index in [0.29, 0.717) is 18.0 Å². The first kappa shape index (κ1) is 16.7. The number of carbonyl (C=O) groups is 2. The van der Waals surface area contributed by atoms with Crippen molar-refractivity contribution in [1.29, 1.82) is 0 Å². The summed E-state index contributed by atoms with van der Waals surface area (Å²) in [6.07, 6.45) is 2.09. The molecule has 2 N–H and O–H groups in total. The fourth-order valence-corrected chi connectivity index (χ4v) is 2.19. The van der Waals surface area contributed by atoms with E-state index in [1.807, 2.05) is 6.07 Å². The van der Waals surface area contributed by atoms with Gasteiger partial charge in [0, 0.05) is 16.6 Å². The van der Waals surface area contributed by atoms with Crippen molar-refractivity contribution in [1.82, 2.24) is 10.6 Å². The van der Waals surface area contributed by atoms with Gasteiger partial charge in [0.15, 0.2) is 0 Å². The van der Waals surface area contributed by atoms with Crippen LogP contribution in [0.2, 0.25) is 0 Å². The molecule has 0 bridgehead atoms. The predicted octanol–water partition coefficient (Wildman–Crippen LogP) is 2.73. The minimum atomic E-state index is -0.246. The maximum Gasteiger partial charge on any atom is 0.251 e. The lowest BCUT2D eigenvalue weighted by atomic mass is 10.0.